The van der Waals surface area contributed by atoms with Gasteiger partial charge in [0, 0.05) is 24.5 Å². The second kappa shape index (κ2) is 11.3. The van der Waals surface area contributed by atoms with Crippen molar-refractivity contribution < 1.29 is 27.2 Å². The van der Waals surface area contributed by atoms with Gasteiger partial charge in [-0.25, -0.2) is 9.18 Å². The summed E-state index contributed by atoms with van der Waals surface area (Å²) in [5, 5.41) is 13.7. The standard InChI is InChI=1S/C24H24F4N4O2/c1-4-6-7-17(5-2)32(18-10-11-19(21(25)13-18)22(33)30-3)23(34)31-16-9-8-15(14-29)20(12-16)24(26,27)28/h4,6,8-13,17H,5,7H2,1-3H3,(H,30,33)(H,31,34)/b6-4-. The minimum atomic E-state index is -4.79. The van der Waals surface area contributed by atoms with Crippen LogP contribution in [0.3, 0.4) is 0 Å². The van der Waals surface area contributed by atoms with Gasteiger partial charge in [-0.05, 0) is 56.2 Å². The molecule has 0 aliphatic heterocycles. The fourth-order valence-corrected chi connectivity index (χ4v) is 3.35. The number of nitrogens with zero attached hydrogens (tertiary/aromatic N) is 2. The minimum absolute atomic E-state index is 0.128. The van der Waals surface area contributed by atoms with Crippen molar-refractivity contribution in [1.29, 1.82) is 5.26 Å². The number of amides is 3. The average Bonchev–Trinajstić information content (AvgIpc) is 2.80. The van der Waals surface area contributed by atoms with Gasteiger partial charge < -0.3 is 10.6 Å². The van der Waals surface area contributed by atoms with E-state index in [4.69, 9.17) is 5.26 Å². The topological polar surface area (TPSA) is 85.2 Å². The van der Waals surface area contributed by atoms with Crippen LogP contribution in [0.4, 0.5) is 33.7 Å². The molecule has 0 saturated heterocycles. The van der Waals surface area contributed by atoms with Crippen molar-refractivity contribution in [3.05, 3.63) is 71.1 Å². The van der Waals surface area contributed by atoms with Crippen LogP contribution >= 0.6 is 0 Å². The third-order valence-electron chi connectivity index (χ3n) is 5.10. The van der Waals surface area contributed by atoms with Crippen LogP contribution in [-0.4, -0.2) is 25.0 Å². The summed E-state index contributed by atoms with van der Waals surface area (Å²) >= 11 is 0. The lowest BCUT2D eigenvalue weighted by Crippen LogP contribution is -2.43. The molecule has 0 bridgehead atoms. The third kappa shape index (κ3) is 6.13. The molecule has 0 aromatic heterocycles. The molecule has 0 aliphatic rings. The van der Waals surface area contributed by atoms with Crippen molar-refractivity contribution >= 4 is 23.3 Å². The van der Waals surface area contributed by atoms with Gasteiger partial charge in [-0.15, -0.1) is 0 Å². The Hall–Kier alpha value is -3.87. The van der Waals surface area contributed by atoms with Gasteiger partial charge >= 0.3 is 12.2 Å². The molecular formula is C24H24F4N4O2. The summed E-state index contributed by atoms with van der Waals surface area (Å²) < 4.78 is 54.6. The predicted octanol–water partition coefficient (Wildman–Crippen LogP) is 5.86. The SMILES string of the molecule is C/C=C\CC(CC)N(C(=O)Nc1ccc(C#N)c(C(F)(F)F)c1)c1ccc(C(=O)NC)c(F)c1. The summed E-state index contributed by atoms with van der Waals surface area (Å²) in [4.78, 5) is 26.3. The zero-order valence-corrected chi connectivity index (χ0v) is 18.8. The lowest BCUT2D eigenvalue weighted by Gasteiger charge is -2.31. The smallest absolute Gasteiger partial charge is 0.355 e. The van der Waals surface area contributed by atoms with Gasteiger partial charge in [-0.2, -0.15) is 18.4 Å². The van der Waals surface area contributed by atoms with Crippen LogP contribution in [0.2, 0.25) is 0 Å². The van der Waals surface area contributed by atoms with Crippen molar-refractivity contribution in [2.75, 3.05) is 17.3 Å². The van der Waals surface area contributed by atoms with Gasteiger partial charge in [0.15, 0.2) is 0 Å². The first-order valence-corrected chi connectivity index (χ1v) is 10.4. The van der Waals surface area contributed by atoms with E-state index in [1.54, 1.807) is 13.0 Å². The lowest BCUT2D eigenvalue weighted by molar-refractivity contribution is -0.137. The van der Waals surface area contributed by atoms with Crippen LogP contribution in [0, 0.1) is 17.1 Å². The Bertz CT molecular complexity index is 1120. The number of allylic oxidation sites excluding steroid dienone is 1. The predicted molar refractivity (Wildman–Crippen MR) is 121 cm³/mol. The van der Waals surface area contributed by atoms with E-state index in [1.165, 1.54) is 36.2 Å². The molecule has 0 heterocycles. The highest BCUT2D eigenvalue weighted by atomic mass is 19.4. The van der Waals surface area contributed by atoms with Gasteiger partial charge in [0.1, 0.15) is 5.82 Å². The molecule has 1 unspecified atom stereocenters. The number of carbonyl (C=O) groups is 2. The van der Waals surface area contributed by atoms with Crippen molar-refractivity contribution in [3.63, 3.8) is 0 Å². The number of halogens is 4. The fourth-order valence-electron chi connectivity index (χ4n) is 3.35. The van der Waals surface area contributed by atoms with Gasteiger partial charge in [-0.1, -0.05) is 19.1 Å². The number of alkyl halides is 3. The zero-order valence-electron chi connectivity index (χ0n) is 18.8. The van der Waals surface area contributed by atoms with E-state index < -0.39 is 41.1 Å². The normalized spacial score (nSPS) is 12.2. The quantitative estimate of drug-likeness (QED) is 0.388. The Kier molecular flexibility index (Phi) is 8.78. The summed E-state index contributed by atoms with van der Waals surface area (Å²) in [6.07, 6.45) is -0.336. The second-order valence-corrected chi connectivity index (χ2v) is 7.28. The molecule has 180 valence electrons. The fraction of sp³-hybridized carbons (Fsp3) is 0.292. The number of benzene rings is 2. The summed E-state index contributed by atoms with van der Waals surface area (Å²) in [6, 6.07) is 6.73. The Labute approximate surface area is 194 Å². The zero-order chi connectivity index (χ0) is 25.5. The molecule has 2 N–H and O–H groups in total. The lowest BCUT2D eigenvalue weighted by atomic mass is 10.1. The largest absolute Gasteiger partial charge is 0.417 e. The molecule has 10 heteroatoms. The molecule has 6 nitrogen and oxygen atoms in total. The monoisotopic (exact) mass is 476 g/mol. The maximum Gasteiger partial charge on any atom is 0.417 e. The van der Waals surface area contributed by atoms with Crippen molar-refractivity contribution in [2.24, 2.45) is 0 Å². The number of hydrogen-bond acceptors (Lipinski definition) is 3. The molecule has 0 saturated carbocycles. The number of nitrogens with one attached hydrogen (secondary N) is 2. The highest BCUT2D eigenvalue weighted by Gasteiger charge is 2.34. The molecule has 0 radical (unpaired) electrons. The number of rotatable bonds is 7. The molecule has 2 aromatic carbocycles. The van der Waals surface area contributed by atoms with E-state index in [0.29, 0.717) is 18.9 Å². The van der Waals surface area contributed by atoms with Crippen LogP contribution in [0.25, 0.3) is 0 Å². The van der Waals surface area contributed by atoms with Gasteiger partial charge in [0.2, 0.25) is 0 Å². The highest BCUT2D eigenvalue weighted by Crippen LogP contribution is 2.34. The van der Waals surface area contributed by atoms with E-state index in [1.807, 2.05) is 13.0 Å². The molecule has 2 rings (SSSR count). The van der Waals surface area contributed by atoms with E-state index in [0.717, 1.165) is 12.1 Å². The van der Waals surface area contributed by atoms with Crippen LogP contribution in [0.1, 0.15) is 48.2 Å². The summed E-state index contributed by atoms with van der Waals surface area (Å²) in [7, 11) is 1.35. The highest BCUT2D eigenvalue weighted by molar-refractivity contribution is 6.03. The van der Waals surface area contributed by atoms with Crippen LogP contribution in [0.15, 0.2) is 48.6 Å². The molecule has 0 fully saturated rings. The number of hydrogen-bond donors (Lipinski definition) is 2. The number of anilines is 2. The summed E-state index contributed by atoms with van der Waals surface area (Å²) in [6.45, 7) is 3.61. The molecule has 3 amide bonds. The van der Waals surface area contributed by atoms with E-state index in [2.05, 4.69) is 10.6 Å². The minimum Gasteiger partial charge on any atom is -0.355 e. The molecule has 1 atom stereocenters. The first-order chi connectivity index (χ1) is 16.1. The Morgan fingerprint density at radius 1 is 1.21 bits per heavy atom. The van der Waals surface area contributed by atoms with Crippen molar-refractivity contribution in [2.45, 2.75) is 38.9 Å². The Morgan fingerprint density at radius 2 is 1.91 bits per heavy atom. The number of carbonyl (C=O) groups excluding carboxylic acids is 2. The maximum absolute atomic E-state index is 14.6. The number of urea groups is 1. The molecule has 2 aromatic rings. The molecule has 0 aliphatic carbocycles. The van der Waals surface area contributed by atoms with E-state index in [-0.39, 0.29) is 16.9 Å². The summed E-state index contributed by atoms with van der Waals surface area (Å²) in [5.41, 5.74) is -2.02. The molecule has 0 spiro atoms. The second-order valence-electron chi connectivity index (χ2n) is 7.28. The van der Waals surface area contributed by atoms with Gasteiger partial charge in [0.25, 0.3) is 5.91 Å². The van der Waals surface area contributed by atoms with E-state index >= 15 is 0 Å². The van der Waals surface area contributed by atoms with Crippen LogP contribution in [0.5, 0.6) is 0 Å². The molecule has 34 heavy (non-hydrogen) atoms. The first-order valence-electron chi connectivity index (χ1n) is 10.4. The average molecular weight is 476 g/mol. The van der Waals surface area contributed by atoms with Crippen LogP contribution in [-0.2, 0) is 6.18 Å². The third-order valence-corrected chi connectivity index (χ3v) is 5.10. The first kappa shape index (κ1) is 26.4. The van der Waals surface area contributed by atoms with Crippen LogP contribution < -0.4 is 15.5 Å². The summed E-state index contributed by atoms with van der Waals surface area (Å²) in [5.74, 6) is -1.49. The van der Waals surface area contributed by atoms with E-state index in [9.17, 15) is 27.2 Å². The van der Waals surface area contributed by atoms with Crippen molar-refractivity contribution in [1.82, 2.24) is 5.32 Å². The van der Waals surface area contributed by atoms with Gasteiger partial charge in [-0.3, -0.25) is 9.69 Å². The van der Waals surface area contributed by atoms with Gasteiger partial charge in [0.05, 0.1) is 22.8 Å². The Morgan fingerprint density at radius 3 is 2.44 bits per heavy atom. The molecular weight excluding hydrogens is 452 g/mol. The van der Waals surface area contributed by atoms with Crippen molar-refractivity contribution in [3.8, 4) is 6.07 Å². The maximum atomic E-state index is 14.6. The Balaban J connectivity index is 2.50. The number of nitriles is 1.